The van der Waals surface area contributed by atoms with E-state index in [9.17, 15) is 19.2 Å². The summed E-state index contributed by atoms with van der Waals surface area (Å²) in [6, 6.07) is 0. The summed E-state index contributed by atoms with van der Waals surface area (Å²) in [7, 11) is 0. The van der Waals surface area contributed by atoms with E-state index in [1.165, 1.54) is 308 Å². The van der Waals surface area contributed by atoms with Gasteiger partial charge in [0.05, 0.1) is 52.9 Å². The molecule has 13 heteroatoms. The molecule has 0 saturated heterocycles. The fourth-order valence-corrected chi connectivity index (χ4v) is 15.8. The Morgan fingerprint density at radius 2 is 0.351 bits per heavy atom. The van der Waals surface area contributed by atoms with Gasteiger partial charge in [-0.2, -0.15) is 0 Å². The van der Waals surface area contributed by atoms with Crippen LogP contribution in [0.3, 0.4) is 0 Å². The van der Waals surface area contributed by atoms with Gasteiger partial charge in [-0.3, -0.25) is 19.2 Å². The van der Waals surface area contributed by atoms with Gasteiger partial charge in [0.25, 0.3) is 0 Å². The summed E-state index contributed by atoms with van der Waals surface area (Å²) >= 11 is 0. The Morgan fingerprint density at radius 1 is 0.189 bits per heavy atom. The molecule has 0 heterocycles. The molecule has 0 bridgehead atoms. The van der Waals surface area contributed by atoms with E-state index in [1.54, 1.807) is 0 Å². The standard InChI is InChI=1S/C98H192N2O11/c1-9-17-25-33-37-49-67-91(63-45-29-21-13-5)87-108-95(101)71-53-41-57-75-99(76-58-42-54-72-96(102)109-88-92(64-46-30-22-14-6)68-50-38-34-26-18-10-2)79-61-81-105-83-85-107-86-84-106-82-62-80-100(77-59-43-55-73-97(103)110-89-93(65-47-31-23-15-7)69-51-39-35-27-19-11-3)78-60-44-56-74-98(104)111-90-94(66-48-32-24-16-8)70-52-40-36-28-20-12-4/h91-94H,9-90H2,1-8H3. The lowest BCUT2D eigenvalue weighted by Gasteiger charge is -2.22. The Kier molecular flexibility index (Phi) is 88.1. The summed E-state index contributed by atoms with van der Waals surface area (Å²) in [5.74, 6) is 1.85. The second-order valence-electron chi connectivity index (χ2n) is 34.3. The number of ether oxygens (including phenoxy) is 7. The lowest BCUT2D eigenvalue weighted by atomic mass is 9.95. The lowest BCUT2D eigenvalue weighted by Crippen LogP contribution is -2.28. The van der Waals surface area contributed by atoms with E-state index < -0.39 is 0 Å². The van der Waals surface area contributed by atoms with Gasteiger partial charge in [-0.25, -0.2) is 0 Å². The van der Waals surface area contributed by atoms with E-state index in [-0.39, 0.29) is 23.9 Å². The molecule has 0 radical (unpaired) electrons. The maximum Gasteiger partial charge on any atom is 0.305 e. The molecule has 0 aromatic carbocycles. The molecule has 0 amide bonds. The van der Waals surface area contributed by atoms with Crippen molar-refractivity contribution >= 4 is 23.9 Å². The first-order valence-electron chi connectivity index (χ1n) is 49.4. The summed E-state index contributed by atoms with van der Waals surface area (Å²) in [6.45, 7) is 29.9. The highest BCUT2D eigenvalue weighted by Gasteiger charge is 2.19. The number of hydrogen-bond donors (Lipinski definition) is 0. The molecule has 0 fully saturated rings. The molecule has 0 N–H and O–H groups in total. The number of nitrogens with zero attached hydrogens (tertiary/aromatic N) is 2. The fourth-order valence-electron chi connectivity index (χ4n) is 15.8. The molecule has 4 atom stereocenters. The Balaban J connectivity index is 5.38. The Morgan fingerprint density at radius 3 is 0.559 bits per heavy atom. The fraction of sp³-hybridized carbons (Fsp3) is 0.959. The summed E-state index contributed by atoms with van der Waals surface area (Å²) in [4.78, 5) is 57.3. The van der Waals surface area contributed by atoms with Gasteiger partial charge in [0.2, 0.25) is 0 Å². The van der Waals surface area contributed by atoms with Crippen molar-refractivity contribution in [1.29, 1.82) is 0 Å². The van der Waals surface area contributed by atoms with Crippen molar-refractivity contribution in [3.05, 3.63) is 0 Å². The molecular formula is C98H192N2O11. The van der Waals surface area contributed by atoms with Crippen molar-refractivity contribution < 1.29 is 52.3 Å². The van der Waals surface area contributed by atoms with Crippen LogP contribution in [-0.2, 0) is 52.3 Å². The lowest BCUT2D eigenvalue weighted by molar-refractivity contribution is -0.146. The molecule has 0 spiro atoms. The van der Waals surface area contributed by atoms with Gasteiger partial charge in [0, 0.05) is 52.0 Å². The van der Waals surface area contributed by atoms with Crippen molar-refractivity contribution in [3.63, 3.8) is 0 Å². The zero-order chi connectivity index (χ0) is 80.7. The van der Waals surface area contributed by atoms with E-state index in [0.717, 1.165) is 129 Å². The van der Waals surface area contributed by atoms with E-state index in [2.05, 4.69) is 65.2 Å². The van der Waals surface area contributed by atoms with Crippen molar-refractivity contribution in [1.82, 2.24) is 9.80 Å². The predicted octanol–water partition coefficient (Wildman–Crippen LogP) is 28.2. The van der Waals surface area contributed by atoms with Crippen LogP contribution in [0.1, 0.15) is 479 Å². The Bertz CT molecular complexity index is 1650. The van der Waals surface area contributed by atoms with Crippen LogP contribution in [0, 0.1) is 23.7 Å². The van der Waals surface area contributed by atoms with Crippen LogP contribution < -0.4 is 0 Å². The highest BCUT2D eigenvalue weighted by molar-refractivity contribution is 5.70. The smallest absolute Gasteiger partial charge is 0.305 e. The van der Waals surface area contributed by atoms with Crippen LogP contribution in [0.4, 0.5) is 0 Å². The first-order valence-corrected chi connectivity index (χ1v) is 49.4. The molecule has 0 aliphatic rings. The number of carbonyl (C=O) groups excluding carboxylic acids is 4. The zero-order valence-corrected chi connectivity index (χ0v) is 75.7. The summed E-state index contributed by atoms with van der Waals surface area (Å²) in [5, 5.41) is 0. The van der Waals surface area contributed by atoms with Gasteiger partial charge < -0.3 is 43.0 Å². The quantitative estimate of drug-likeness (QED) is 0.0325. The number of unbranched alkanes of at least 4 members (excludes halogenated alkanes) is 40. The van der Waals surface area contributed by atoms with E-state index in [1.807, 2.05) is 0 Å². The highest BCUT2D eigenvalue weighted by atomic mass is 16.6. The second-order valence-corrected chi connectivity index (χ2v) is 34.3. The van der Waals surface area contributed by atoms with Gasteiger partial charge >= 0.3 is 23.9 Å². The molecular weight excluding hydrogens is 1380 g/mol. The largest absolute Gasteiger partial charge is 0.465 e. The second kappa shape index (κ2) is 90.0. The minimum Gasteiger partial charge on any atom is -0.465 e. The van der Waals surface area contributed by atoms with Crippen molar-refractivity contribution in [3.8, 4) is 0 Å². The van der Waals surface area contributed by atoms with Crippen LogP contribution in [0.15, 0.2) is 0 Å². The SMILES string of the molecule is CCCCCCCCC(CCCCCC)COC(=O)CCCCCN(CCCCCC(=O)OCC(CCCCCC)CCCCCCCC)CCCOCCOCCOCCCN(CCCCCC(=O)OCC(CCCCCC)CCCCCCCC)CCCCCC(=O)OCC(CCCCCC)CCCCCCCC. The minimum absolute atomic E-state index is 0.0280. The van der Waals surface area contributed by atoms with Crippen LogP contribution in [0.2, 0.25) is 0 Å². The van der Waals surface area contributed by atoms with Crippen molar-refractivity contribution in [2.24, 2.45) is 23.7 Å². The average Bonchev–Trinajstić information content (AvgIpc) is 1.12. The summed E-state index contributed by atoms with van der Waals surface area (Å²) in [6.07, 6.45) is 76.4. The van der Waals surface area contributed by atoms with E-state index in [4.69, 9.17) is 33.2 Å². The zero-order valence-electron chi connectivity index (χ0n) is 75.7. The summed E-state index contributed by atoms with van der Waals surface area (Å²) < 4.78 is 42.0. The van der Waals surface area contributed by atoms with Crippen LogP contribution in [-0.4, -0.2) is 139 Å². The highest BCUT2D eigenvalue weighted by Crippen LogP contribution is 2.25. The molecule has 0 aliphatic heterocycles. The first-order chi connectivity index (χ1) is 54.6. The third-order valence-corrected chi connectivity index (χ3v) is 23.3. The van der Waals surface area contributed by atoms with Crippen molar-refractivity contribution in [2.75, 3.05) is 105 Å². The first kappa shape index (κ1) is 109. The molecule has 0 aliphatic carbocycles. The number of esters is 4. The third-order valence-electron chi connectivity index (χ3n) is 23.3. The summed E-state index contributed by atoms with van der Waals surface area (Å²) in [5.41, 5.74) is 0. The van der Waals surface area contributed by atoms with Crippen LogP contribution >= 0.6 is 0 Å². The van der Waals surface area contributed by atoms with Gasteiger partial charge in [0.15, 0.2) is 0 Å². The van der Waals surface area contributed by atoms with Crippen LogP contribution in [0.25, 0.3) is 0 Å². The van der Waals surface area contributed by atoms with E-state index >= 15 is 0 Å². The maximum atomic E-state index is 13.0. The number of rotatable bonds is 94. The predicted molar refractivity (Wildman–Crippen MR) is 473 cm³/mol. The van der Waals surface area contributed by atoms with Gasteiger partial charge in [-0.15, -0.1) is 0 Å². The number of hydrogen-bond acceptors (Lipinski definition) is 13. The molecule has 0 aromatic rings. The topological polar surface area (TPSA) is 139 Å². The molecule has 0 saturated carbocycles. The van der Waals surface area contributed by atoms with Gasteiger partial charge in [-0.05, 0) is 165 Å². The molecule has 660 valence electrons. The normalized spacial score (nSPS) is 12.8. The third kappa shape index (κ3) is 81.2. The van der Waals surface area contributed by atoms with E-state index in [0.29, 0.717) is 115 Å². The van der Waals surface area contributed by atoms with Crippen LogP contribution in [0.5, 0.6) is 0 Å². The molecule has 4 unspecified atom stereocenters. The van der Waals surface area contributed by atoms with Crippen molar-refractivity contribution in [2.45, 2.75) is 479 Å². The molecule has 13 nitrogen and oxygen atoms in total. The Labute approximate surface area is 690 Å². The molecule has 111 heavy (non-hydrogen) atoms. The van der Waals surface area contributed by atoms with Gasteiger partial charge in [-0.1, -0.05) is 338 Å². The van der Waals surface area contributed by atoms with Gasteiger partial charge in [0.1, 0.15) is 0 Å². The Hall–Kier alpha value is -2.32. The molecule has 0 aromatic heterocycles. The number of carbonyl (C=O) groups is 4. The molecule has 0 rings (SSSR count). The maximum absolute atomic E-state index is 13.0. The monoisotopic (exact) mass is 1570 g/mol. The minimum atomic E-state index is -0.0280. The average molecular weight is 1570 g/mol.